The molecule has 0 aliphatic rings. The summed E-state index contributed by atoms with van der Waals surface area (Å²) in [6.45, 7) is 0.204. The molecule has 0 unspecified atom stereocenters. The summed E-state index contributed by atoms with van der Waals surface area (Å²) in [5.74, 6) is -1.01. The number of aromatic carboxylic acids is 1. The molecule has 0 aliphatic carbocycles. The van der Waals surface area contributed by atoms with Gasteiger partial charge in [-0.15, -0.1) is 0 Å². The summed E-state index contributed by atoms with van der Waals surface area (Å²) in [5, 5.41) is 18.6. The first-order chi connectivity index (χ1) is 12.5. The fourth-order valence-corrected chi connectivity index (χ4v) is 2.44. The van der Waals surface area contributed by atoms with Crippen LogP contribution in [0.15, 0.2) is 55.0 Å². The van der Waals surface area contributed by atoms with Gasteiger partial charge in [0.25, 0.3) is 0 Å². The van der Waals surface area contributed by atoms with Crippen LogP contribution < -0.4 is 10.6 Å². The summed E-state index contributed by atoms with van der Waals surface area (Å²) >= 11 is 0. The predicted molar refractivity (Wildman–Crippen MR) is 95.7 cm³/mol. The Bertz CT molecular complexity index is 951. The first-order valence-electron chi connectivity index (χ1n) is 7.84. The standard InChI is InChI=1S/C18H17N5O3/c1-23-11-14(10-21-23)16-15(6-3-7-19-16)22-18(26)20-9-12-4-2-5-13(8-12)17(24)25/h2-8,10-11H,9H2,1H3,(H,24,25)(H2,20,22,26). The highest BCUT2D eigenvalue weighted by Gasteiger charge is 2.11. The average molecular weight is 351 g/mol. The Kier molecular flexibility index (Phi) is 4.93. The lowest BCUT2D eigenvalue weighted by Gasteiger charge is -2.10. The molecule has 0 bridgehead atoms. The largest absolute Gasteiger partial charge is 0.478 e. The Morgan fingerprint density at radius 2 is 2.08 bits per heavy atom. The van der Waals surface area contributed by atoms with Crippen LogP contribution in [0, 0.1) is 0 Å². The van der Waals surface area contributed by atoms with Gasteiger partial charge in [0.05, 0.1) is 23.1 Å². The minimum Gasteiger partial charge on any atom is -0.478 e. The number of carboxylic acids is 1. The highest BCUT2D eigenvalue weighted by Crippen LogP contribution is 2.24. The number of pyridine rings is 1. The molecule has 0 aliphatic heterocycles. The minimum atomic E-state index is -1.01. The molecule has 2 heterocycles. The van der Waals surface area contributed by atoms with Crippen LogP contribution in [0.3, 0.4) is 0 Å². The average Bonchev–Trinajstić information content (AvgIpc) is 3.07. The van der Waals surface area contributed by atoms with Crippen LogP contribution in [0.1, 0.15) is 15.9 Å². The SMILES string of the molecule is Cn1cc(-c2ncccc2NC(=O)NCc2cccc(C(=O)O)c2)cn1. The summed E-state index contributed by atoms with van der Waals surface area (Å²) in [6, 6.07) is 9.47. The molecule has 0 saturated carbocycles. The van der Waals surface area contributed by atoms with E-state index in [4.69, 9.17) is 5.11 Å². The third-order valence-corrected chi connectivity index (χ3v) is 3.66. The predicted octanol–water partition coefficient (Wildman–Crippen LogP) is 2.50. The van der Waals surface area contributed by atoms with Crippen molar-refractivity contribution in [3.8, 4) is 11.3 Å². The number of anilines is 1. The van der Waals surface area contributed by atoms with E-state index in [1.54, 1.807) is 48.4 Å². The van der Waals surface area contributed by atoms with E-state index in [0.717, 1.165) is 5.56 Å². The lowest BCUT2D eigenvalue weighted by molar-refractivity contribution is 0.0696. The Labute approximate surface area is 149 Å². The molecule has 2 aromatic heterocycles. The van der Waals surface area contributed by atoms with Crippen molar-refractivity contribution < 1.29 is 14.7 Å². The molecule has 2 amide bonds. The first-order valence-corrected chi connectivity index (χ1v) is 7.84. The molecule has 1 aromatic carbocycles. The molecule has 0 saturated heterocycles. The van der Waals surface area contributed by atoms with E-state index in [2.05, 4.69) is 20.7 Å². The smallest absolute Gasteiger partial charge is 0.335 e. The Hall–Kier alpha value is -3.68. The minimum absolute atomic E-state index is 0.177. The van der Waals surface area contributed by atoms with Crippen LogP contribution in [-0.4, -0.2) is 31.9 Å². The van der Waals surface area contributed by atoms with E-state index in [1.165, 1.54) is 12.1 Å². The summed E-state index contributed by atoms with van der Waals surface area (Å²) in [7, 11) is 1.80. The van der Waals surface area contributed by atoms with Crippen molar-refractivity contribution >= 4 is 17.7 Å². The lowest BCUT2D eigenvalue weighted by atomic mass is 10.1. The van der Waals surface area contributed by atoms with Gasteiger partial charge in [0, 0.05) is 31.5 Å². The van der Waals surface area contributed by atoms with Gasteiger partial charge in [0.2, 0.25) is 0 Å². The van der Waals surface area contributed by atoms with E-state index in [9.17, 15) is 9.59 Å². The van der Waals surface area contributed by atoms with Gasteiger partial charge in [-0.2, -0.15) is 5.10 Å². The number of rotatable bonds is 5. The number of benzene rings is 1. The molecule has 3 N–H and O–H groups in total. The Morgan fingerprint density at radius 1 is 1.23 bits per heavy atom. The molecule has 3 rings (SSSR count). The molecule has 8 nitrogen and oxygen atoms in total. The molecule has 26 heavy (non-hydrogen) atoms. The fraction of sp³-hybridized carbons (Fsp3) is 0.111. The van der Waals surface area contributed by atoms with Gasteiger partial charge in [-0.1, -0.05) is 12.1 Å². The van der Waals surface area contributed by atoms with Crippen LogP contribution >= 0.6 is 0 Å². The number of hydrogen-bond donors (Lipinski definition) is 3. The van der Waals surface area contributed by atoms with Gasteiger partial charge in [-0.05, 0) is 29.8 Å². The van der Waals surface area contributed by atoms with Crippen LogP contribution in [-0.2, 0) is 13.6 Å². The van der Waals surface area contributed by atoms with Gasteiger partial charge in [0.1, 0.15) is 0 Å². The van der Waals surface area contributed by atoms with Crippen LogP contribution in [0.25, 0.3) is 11.3 Å². The van der Waals surface area contributed by atoms with Crippen molar-refractivity contribution in [3.05, 3.63) is 66.1 Å². The number of nitrogens with zero attached hydrogens (tertiary/aromatic N) is 3. The van der Waals surface area contributed by atoms with Crippen molar-refractivity contribution in [2.24, 2.45) is 7.05 Å². The second-order valence-corrected chi connectivity index (χ2v) is 5.62. The number of carbonyl (C=O) groups is 2. The van der Waals surface area contributed by atoms with Crippen LogP contribution in [0.2, 0.25) is 0 Å². The molecule has 8 heteroatoms. The van der Waals surface area contributed by atoms with E-state index < -0.39 is 12.0 Å². The third-order valence-electron chi connectivity index (χ3n) is 3.66. The van der Waals surface area contributed by atoms with Gasteiger partial charge < -0.3 is 15.7 Å². The van der Waals surface area contributed by atoms with Crippen molar-refractivity contribution in [2.45, 2.75) is 6.54 Å². The summed E-state index contributed by atoms with van der Waals surface area (Å²) in [6.07, 6.45) is 5.12. The Morgan fingerprint density at radius 3 is 2.81 bits per heavy atom. The highest BCUT2D eigenvalue weighted by atomic mass is 16.4. The fourth-order valence-electron chi connectivity index (χ4n) is 2.44. The second-order valence-electron chi connectivity index (χ2n) is 5.62. The molecule has 132 valence electrons. The lowest BCUT2D eigenvalue weighted by Crippen LogP contribution is -2.28. The van der Waals surface area contributed by atoms with E-state index in [0.29, 0.717) is 16.9 Å². The maximum Gasteiger partial charge on any atom is 0.335 e. The monoisotopic (exact) mass is 351 g/mol. The molecule has 0 spiro atoms. The normalized spacial score (nSPS) is 10.3. The number of aromatic nitrogens is 3. The number of nitrogens with one attached hydrogen (secondary N) is 2. The summed E-state index contributed by atoms with van der Waals surface area (Å²) in [5.41, 5.74) is 2.83. The molecule has 0 atom stereocenters. The van der Waals surface area contributed by atoms with E-state index in [-0.39, 0.29) is 12.1 Å². The van der Waals surface area contributed by atoms with Crippen LogP contribution in [0.4, 0.5) is 10.5 Å². The molecule has 0 fully saturated rings. The van der Waals surface area contributed by atoms with Gasteiger partial charge in [0.15, 0.2) is 0 Å². The van der Waals surface area contributed by atoms with Crippen molar-refractivity contribution in [3.63, 3.8) is 0 Å². The maximum absolute atomic E-state index is 12.2. The van der Waals surface area contributed by atoms with Gasteiger partial charge >= 0.3 is 12.0 Å². The quantitative estimate of drug-likeness (QED) is 0.654. The zero-order valence-electron chi connectivity index (χ0n) is 14.0. The number of hydrogen-bond acceptors (Lipinski definition) is 4. The molecule has 3 aromatic rings. The number of aryl methyl sites for hydroxylation is 1. The highest BCUT2D eigenvalue weighted by molar-refractivity contribution is 5.93. The van der Waals surface area contributed by atoms with Gasteiger partial charge in [-0.25, -0.2) is 9.59 Å². The number of carbonyl (C=O) groups excluding carboxylic acids is 1. The number of carboxylic acid groups (broad SMARTS) is 1. The topological polar surface area (TPSA) is 109 Å². The number of urea groups is 1. The van der Waals surface area contributed by atoms with E-state index in [1.807, 2.05) is 6.20 Å². The molecular weight excluding hydrogens is 334 g/mol. The van der Waals surface area contributed by atoms with Crippen molar-refractivity contribution in [1.29, 1.82) is 0 Å². The molecule has 0 radical (unpaired) electrons. The van der Waals surface area contributed by atoms with Crippen molar-refractivity contribution in [1.82, 2.24) is 20.1 Å². The maximum atomic E-state index is 12.2. The second kappa shape index (κ2) is 7.47. The summed E-state index contributed by atoms with van der Waals surface area (Å²) < 4.78 is 1.66. The summed E-state index contributed by atoms with van der Waals surface area (Å²) in [4.78, 5) is 27.5. The van der Waals surface area contributed by atoms with Gasteiger partial charge in [-0.3, -0.25) is 9.67 Å². The molecular formula is C18H17N5O3. The zero-order valence-corrected chi connectivity index (χ0v) is 14.0. The van der Waals surface area contributed by atoms with Crippen molar-refractivity contribution in [2.75, 3.05) is 5.32 Å². The van der Waals surface area contributed by atoms with E-state index >= 15 is 0 Å². The van der Waals surface area contributed by atoms with Crippen LogP contribution in [0.5, 0.6) is 0 Å². The third kappa shape index (κ3) is 4.04. The Balaban J connectivity index is 1.68. The first kappa shape index (κ1) is 17.2. The number of amides is 2. The zero-order chi connectivity index (χ0) is 18.5.